The lowest BCUT2D eigenvalue weighted by molar-refractivity contribution is -0.136. The van der Waals surface area contributed by atoms with Gasteiger partial charge in [0.15, 0.2) is 0 Å². The average Bonchev–Trinajstić information content (AvgIpc) is 3.12. The van der Waals surface area contributed by atoms with E-state index in [4.69, 9.17) is 9.47 Å². The van der Waals surface area contributed by atoms with Crippen LogP contribution in [0.25, 0.3) is 0 Å². The van der Waals surface area contributed by atoms with Crippen molar-refractivity contribution in [3.8, 4) is 0 Å². The molecule has 0 bridgehead atoms. The van der Waals surface area contributed by atoms with E-state index in [1.165, 1.54) is 0 Å². The molecule has 3 aliphatic rings. The summed E-state index contributed by atoms with van der Waals surface area (Å²) < 4.78 is 10.8. The van der Waals surface area contributed by atoms with E-state index >= 15 is 0 Å². The van der Waals surface area contributed by atoms with Gasteiger partial charge >= 0.3 is 6.09 Å². The molecule has 0 saturated carbocycles. The van der Waals surface area contributed by atoms with Crippen LogP contribution in [0.5, 0.6) is 0 Å². The van der Waals surface area contributed by atoms with Gasteiger partial charge in [-0.25, -0.2) is 4.79 Å². The average molecular weight is 544 g/mol. The predicted molar refractivity (Wildman–Crippen MR) is 141 cm³/mol. The molecule has 1 aromatic carbocycles. The molecule has 212 valence electrons. The van der Waals surface area contributed by atoms with E-state index < -0.39 is 41.4 Å². The van der Waals surface area contributed by atoms with Crippen molar-refractivity contribution in [1.29, 1.82) is 0 Å². The zero-order chi connectivity index (χ0) is 28.2. The van der Waals surface area contributed by atoms with Crippen molar-refractivity contribution in [2.24, 2.45) is 0 Å². The Morgan fingerprint density at radius 2 is 1.79 bits per heavy atom. The maximum atomic E-state index is 13.3. The second-order valence-electron chi connectivity index (χ2n) is 11.0. The number of hydrogen-bond donors (Lipinski definition) is 3. The zero-order valence-corrected chi connectivity index (χ0v) is 22.7. The third-order valence-electron chi connectivity index (χ3n) is 6.88. The Morgan fingerprint density at radius 3 is 2.49 bits per heavy atom. The summed E-state index contributed by atoms with van der Waals surface area (Å²) >= 11 is 0. The number of hydrogen-bond acceptors (Lipinski definition) is 9. The number of piperidine rings is 2. The summed E-state index contributed by atoms with van der Waals surface area (Å²) in [5.74, 6) is -2.04. The van der Waals surface area contributed by atoms with Gasteiger partial charge in [0.2, 0.25) is 11.8 Å². The number of ether oxygens (including phenoxy) is 2. The maximum Gasteiger partial charge on any atom is 0.407 e. The zero-order valence-electron chi connectivity index (χ0n) is 22.7. The normalized spacial score (nSPS) is 20.6. The number of anilines is 1. The van der Waals surface area contributed by atoms with Crippen LogP contribution in [0.2, 0.25) is 0 Å². The molecule has 3 N–H and O–H groups in total. The summed E-state index contributed by atoms with van der Waals surface area (Å²) in [6, 6.07) is 4.24. The van der Waals surface area contributed by atoms with Crippen LogP contribution in [0, 0.1) is 0 Å². The monoisotopic (exact) mass is 543 g/mol. The molecule has 12 heteroatoms. The Labute approximate surface area is 227 Å². The maximum absolute atomic E-state index is 13.3. The molecule has 5 amide bonds. The first-order valence-corrected chi connectivity index (χ1v) is 13.4. The number of amides is 5. The number of fused-ring (bicyclic) bond motifs is 1. The minimum Gasteiger partial charge on any atom is -0.444 e. The third-order valence-corrected chi connectivity index (χ3v) is 6.88. The van der Waals surface area contributed by atoms with E-state index in [1.54, 1.807) is 18.2 Å². The first-order valence-electron chi connectivity index (χ1n) is 13.4. The molecule has 0 radical (unpaired) electrons. The first kappa shape index (κ1) is 28.5. The molecule has 1 unspecified atom stereocenters. The third kappa shape index (κ3) is 7.12. The number of imide groups is 2. The van der Waals surface area contributed by atoms with Gasteiger partial charge in [-0.2, -0.15) is 0 Å². The van der Waals surface area contributed by atoms with E-state index in [-0.39, 0.29) is 30.0 Å². The lowest BCUT2D eigenvalue weighted by Gasteiger charge is -2.33. The molecule has 1 atom stereocenters. The SMILES string of the molecule is CC(C)(C)OC(=O)NCCOCCN1CCC(Nc2cccc3c2C(=O)N(C2CCC(=O)NC2=O)C3=O)CC1. The highest BCUT2D eigenvalue weighted by atomic mass is 16.6. The molecule has 3 aliphatic heterocycles. The molecular formula is C27H37N5O7. The number of nitrogens with zero attached hydrogens (tertiary/aromatic N) is 2. The summed E-state index contributed by atoms with van der Waals surface area (Å²) in [6.07, 6.45) is 1.45. The topological polar surface area (TPSA) is 146 Å². The molecule has 0 spiro atoms. The van der Waals surface area contributed by atoms with Crippen molar-refractivity contribution in [2.75, 3.05) is 44.7 Å². The molecule has 1 aromatic rings. The van der Waals surface area contributed by atoms with Crippen molar-refractivity contribution in [3.63, 3.8) is 0 Å². The highest BCUT2D eigenvalue weighted by Crippen LogP contribution is 2.33. The van der Waals surface area contributed by atoms with Gasteiger partial charge in [0.1, 0.15) is 11.6 Å². The number of carbonyl (C=O) groups excluding carboxylic acids is 5. The van der Waals surface area contributed by atoms with Crippen LogP contribution in [-0.4, -0.2) is 96.6 Å². The van der Waals surface area contributed by atoms with E-state index in [2.05, 4.69) is 20.9 Å². The van der Waals surface area contributed by atoms with Gasteiger partial charge in [0.25, 0.3) is 11.8 Å². The Bertz CT molecular complexity index is 1120. The molecule has 3 heterocycles. The largest absolute Gasteiger partial charge is 0.444 e. The number of benzene rings is 1. The second-order valence-corrected chi connectivity index (χ2v) is 11.0. The summed E-state index contributed by atoms with van der Waals surface area (Å²) in [6.45, 7) is 9.23. The lowest BCUT2D eigenvalue weighted by atomic mass is 10.0. The summed E-state index contributed by atoms with van der Waals surface area (Å²) in [5.41, 5.74) is 0.601. The molecule has 0 aromatic heterocycles. The fourth-order valence-corrected chi connectivity index (χ4v) is 4.99. The Hall–Kier alpha value is -3.51. The minimum absolute atomic E-state index is 0.0848. The van der Waals surface area contributed by atoms with Gasteiger partial charge in [0.05, 0.1) is 24.3 Å². The van der Waals surface area contributed by atoms with Crippen LogP contribution in [0.4, 0.5) is 10.5 Å². The van der Waals surface area contributed by atoms with Gasteiger partial charge in [-0.05, 0) is 52.2 Å². The highest BCUT2D eigenvalue weighted by molar-refractivity contribution is 6.25. The fraction of sp³-hybridized carbons (Fsp3) is 0.593. The Balaban J connectivity index is 1.22. The minimum atomic E-state index is -0.985. The van der Waals surface area contributed by atoms with Crippen LogP contribution in [0.3, 0.4) is 0 Å². The first-order chi connectivity index (χ1) is 18.5. The number of rotatable bonds is 9. The smallest absolute Gasteiger partial charge is 0.407 e. The van der Waals surface area contributed by atoms with Gasteiger partial charge in [-0.15, -0.1) is 0 Å². The van der Waals surface area contributed by atoms with Gasteiger partial charge in [-0.1, -0.05) is 6.07 Å². The summed E-state index contributed by atoms with van der Waals surface area (Å²) in [5, 5.41) is 8.33. The lowest BCUT2D eigenvalue weighted by Crippen LogP contribution is -2.54. The highest BCUT2D eigenvalue weighted by Gasteiger charge is 2.45. The van der Waals surface area contributed by atoms with Crippen molar-refractivity contribution in [1.82, 2.24) is 20.4 Å². The molecule has 39 heavy (non-hydrogen) atoms. The number of likely N-dealkylation sites (tertiary alicyclic amines) is 1. The van der Waals surface area contributed by atoms with Crippen molar-refractivity contribution in [3.05, 3.63) is 29.3 Å². The Kier molecular flexibility index (Phi) is 8.86. The fourth-order valence-electron chi connectivity index (χ4n) is 4.99. The quantitative estimate of drug-likeness (QED) is 0.311. The summed E-state index contributed by atoms with van der Waals surface area (Å²) in [7, 11) is 0. The van der Waals surface area contributed by atoms with Gasteiger partial charge < -0.3 is 25.0 Å². The molecule has 2 fully saturated rings. The van der Waals surface area contributed by atoms with Crippen LogP contribution in [0.1, 0.15) is 67.2 Å². The standard InChI is InChI=1S/C27H37N5O7/c1-27(2,3)39-26(37)28-11-15-38-16-14-31-12-9-17(10-13-31)29-19-6-4-5-18-22(19)25(36)32(24(18)35)20-7-8-21(33)30-23(20)34/h4-6,17,20,29H,7-16H2,1-3H3,(H,28,37)(H,30,33,34). The molecule has 12 nitrogen and oxygen atoms in total. The van der Waals surface area contributed by atoms with Crippen LogP contribution < -0.4 is 16.0 Å². The van der Waals surface area contributed by atoms with E-state index in [0.29, 0.717) is 25.4 Å². The van der Waals surface area contributed by atoms with E-state index in [9.17, 15) is 24.0 Å². The van der Waals surface area contributed by atoms with E-state index in [0.717, 1.165) is 37.4 Å². The van der Waals surface area contributed by atoms with Crippen LogP contribution in [0.15, 0.2) is 18.2 Å². The number of alkyl carbamates (subject to hydrolysis) is 1. The van der Waals surface area contributed by atoms with Crippen molar-refractivity contribution < 1.29 is 33.4 Å². The predicted octanol–water partition coefficient (Wildman–Crippen LogP) is 1.51. The second kappa shape index (κ2) is 12.1. The van der Waals surface area contributed by atoms with Crippen molar-refractivity contribution in [2.45, 2.75) is 64.1 Å². The van der Waals surface area contributed by atoms with Crippen LogP contribution >= 0.6 is 0 Å². The number of nitrogens with one attached hydrogen (secondary N) is 3. The number of carbonyl (C=O) groups is 5. The van der Waals surface area contributed by atoms with Gasteiger partial charge in [-0.3, -0.25) is 29.4 Å². The molecule has 0 aliphatic carbocycles. The molecular weight excluding hydrogens is 506 g/mol. The van der Waals surface area contributed by atoms with Crippen molar-refractivity contribution >= 4 is 35.4 Å². The van der Waals surface area contributed by atoms with Crippen LogP contribution in [-0.2, 0) is 19.1 Å². The molecule has 2 saturated heterocycles. The summed E-state index contributed by atoms with van der Waals surface area (Å²) in [4.78, 5) is 65.1. The Morgan fingerprint density at radius 1 is 1.05 bits per heavy atom. The van der Waals surface area contributed by atoms with Gasteiger partial charge in [0, 0.05) is 44.3 Å². The van der Waals surface area contributed by atoms with E-state index in [1.807, 2.05) is 20.8 Å². The molecule has 4 rings (SSSR count).